The summed E-state index contributed by atoms with van der Waals surface area (Å²) in [5.41, 5.74) is 4.97. The first-order valence-electron chi connectivity index (χ1n) is 9.05. The third-order valence-electron chi connectivity index (χ3n) is 4.26. The average Bonchev–Trinajstić information content (AvgIpc) is 2.73. The van der Waals surface area contributed by atoms with Crippen LogP contribution in [-0.2, 0) is 10.0 Å². The molecule has 0 radical (unpaired) electrons. The monoisotopic (exact) mass is 419 g/mol. The Balaban J connectivity index is 2.05. The standard InChI is InChI=1S/C19H25N5O4S/c1-5-24(6-2)17-11-10-15(13-20-17)19(26)22-21-18(25)14-8-7-9-16(12-14)29(27,28)23(3)4/h7-13H,5-6H2,1-4H3,(H,21,25)(H,22,26). The Bertz CT molecular complexity index is 970. The predicted molar refractivity (Wildman–Crippen MR) is 110 cm³/mol. The molecule has 0 aliphatic rings. The minimum absolute atomic E-state index is 0.0160. The third kappa shape index (κ3) is 5.30. The van der Waals surface area contributed by atoms with Crippen molar-refractivity contribution in [3.63, 3.8) is 0 Å². The van der Waals surface area contributed by atoms with E-state index in [0.29, 0.717) is 0 Å². The molecule has 2 aromatic rings. The Hall–Kier alpha value is -2.98. The molecule has 0 aliphatic heterocycles. The highest BCUT2D eigenvalue weighted by Crippen LogP contribution is 2.15. The van der Waals surface area contributed by atoms with Crippen molar-refractivity contribution < 1.29 is 18.0 Å². The number of pyridine rings is 1. The second-order valence-electron chi connectivity index (χ2n) is 6.30. The lowest BCUT2D eigenvalue weighted by molar-refractivity contribution is 0.0846. The van der Waals surface area contributed by atoms with Gasteiger partial charge in [-0.2, -0.15) is 0 Å². The maximum atomic E-state index is 12.3. The van der Waals surface area contributed by atoms with E-state index in [1.807, 2.05) is 18.7 Å². The molecule has 0 saturated carbocycles. The number of nitrogens with zero attached hydrogens (tertiary/aromatic N) is 3. The van der Waals surface area contributed by atoms with Crippen LogP contribution < -0.4 is 15.8 Å². The van der Waals surface area contributed by atoms with Crippen LogP contribution in [-0.4, -0.2) is 56.7 Å². The lowest BCUT2D eigenvalue weighted by Gasteiger charge is -2.19. The summed E-state index contributed by atoms with van der Waals surface area (Å²) in [7, 11) is -0.860. The Morgan fingerprint density at radius 3 is 2.10 bits per heavy atom. The molecule has 10 heteroatoms. The molecular weight excluding hydrogens is 394 g/mol. The molecular formula is C19H25N5O4S. The molecule has 2 rings (SSSR count). The number of nitrogens with one attached hydrogen (secondary N) is 2. The van der Waals surface area contributed by atoms with Gasteiger partial charge in [-0.1, -0.05) is 6.07 Å². The fourth-order valence-corrected chi connectivity index (χ4v) is 3.47. The van der Waals surface area contributed by atoms with E-state index in [0.717, 1.165) is 23.2 Å². The van der Waals surface area contributed by atoms with Crippen molar-refractivity contribution in [2.24, 2.45) is 0 Å². The van der Waals surface area contributed by atoms with Crippen LogP contribution in [0.1, 0.15) is 34.6 Å². The smallest absolute Gasteiger partial charge is 0.271 e. The van der Waals surface area contributed by atoms with Crippen molar-refractivity contribution >= 4 is 27.7 Å². The number of hydrogen-bond acceptors (Lipinski definition) is 6. The van der Waals surface area contributed by atoms with Crippen molar-refractivity contribution in [3.8, 4) is 0 Å². The summed E-state index contributed by atoms with van der Waals surface area (Å²) in [6, 6.07) is 8.91. The molecule has 1 heterocycles. The van der Waals surface area contributed by atoms with E-state index in [1.54, 1.807) is 12.1 Å². The second kappa shape index (κ2) is 9.48. The molecule has 0 unspecified atom stereocenters. The normalized spacial score (nSPS) is 11.2. The number of aromatic nitrogens is 1. The van der Waals surface area contributed by atoms with Gasteiger partial charge in [-0.15, -0.1) is 0 Å². The van der Waals surface area contributed by atoms with Crippen LogP contribution in [0.5, 0.6) is 0 Å². The van der Waals surface area contributed by atoms with Crippen molar-refractivity contribution in [2.75, 3.05) is 32.1 Å². The summed E-state index contributed by atoms with van der Waals surface area (Å²) < 4.78 is 25.4. The van der Waals surface area contributed by atoms with Gasteiger partial charge in [0.1, 0.15) is 5.82 Å². The zero-order valence-corrected chi connectivity index (χ0v) is 17.7. The van der Waals surface area contributed by atoms with Gasteiger partial charge in [0.05, 0.1) is 10.5 Å². The van der Waals surface area contributed by atoms with Crippen LogP contribution in [0.3, 0.4) is 0 Å². The van der Waals surface area contributed by atoms with Crippen molar-refractivity contribution in [1.29, 1.82) is 0 Å². The predicted octanol–water partition coefficient (Wildman–Crippen LogP) is 1.25. The highest BCUT2D eigenvalue weighted by Gasteiger charge is 2.19. The van der Waals surface area contributed by atoms with Crippen LogP contribution in [0.25, 0.3) is 0 Å². The van der Waals surface area contributed by atoms with E-state index in [-0.39, 0.29) is 16.0 Å². The first-order chi connectivity index (χ1) is 13.7. The lowest BCUT2D eigenvalue weighted by atomic mass is 10.2. The van der Waals surface area contributed by atoms with Crippen LogP contribution in [0.15, 0.2) is 47.5 Å². The van der Waals surface area contributed by atoms with Crippen LogP contribution in [0, 0.1) is 0 Å². The first-order valence-corrected chi connectivity index (χ1v) is 10.5. The molecule has 29 heavy (non-hydrogen) atoms. The third-order valence-corrected chi connectivity index (χ3v) is 6.07. The molecule has 0 atom stereocenters. The van der Waals surface area contributed by atoms with Gasteiger partial charge in [-0.25, -0.2) is 17.7 Å². The maximum Gasteiger partial charge on any atom is 0.271 e. The van der Waals surface area contributed by atoms with Crippen molar-refractivity contribution in [3.05, 3.63) is 53.7 Å². The van der Waals surface area contributed by atoms with Crippen molar-refractivity contribution in [2.45, 2.75) is 18.7 Å². The second-order valence-corrected chi connectivity index (χ2v) is 8.45. The van der Waals surface area contributed by atoms with E-state index >= 15 is 0 Å². The molecule has 1 aromatic carbocycles. The summed E-state index contributed by atoms with van der Waals surface area (Å²) in [5.74, 6) is -0.412. The molecule has 9 nitrogen and oxygen atoms in total. The summed E-state index contributed by atoms with van der Waals surface area (Å²) in [6.45, 7) is 5.63. The number of rotatable bonds is 7. The summed E-state index contributed by atoms with van der Waals surface area (Å²) in [4.78, 5) is 30.8. The van der Waals surface area contributed by atoms with Gasteiger partial charge in [-0.3, -0.25) is 20.4 Å². The molecule has 2 amide bonds. The molecule has 1 aromatic heterocycles. The van der Waals surface area contributed by atoms with Crippen LogP contribution in [0.2, 0.25) is 0 Å². The van der Waals surface area contributed by atoms with Crippen LogP contribution >= 0.6 is 0 Å². The van der Waals surface area contributed by atoms with E-state index in [1.165, 1.54) is 44.6 Å². The number of carbonyl (C=O) groups excluding carboxylic acids is 2. The van der Waals surface area contributed by atoms with E-state index < -0.39 is 21.8 Å². The number of amides is 2. The minimum atomic E-state index is -3.67. The average molecular weight is 420 g/mol. The van der Waals surface area contributed by atoms with Gasteiger partial charge in [0.25, 0.3) is 11.8 Å². The van der Waals surface area contributed by atoms with E-state index in [9.17, 15) is 18.0 Å². The van der Waals surface area contributed by atoms with Gasteiger partial charge in [-0.05, 0) is 44.2 Å². The van der Waals surface area contributed by atoms with Gasteiger partial charge >= 0.3 is 0 Å². The quantitative estimate of drug-likeness (QED) is 0.654. The molecule has 0 spiro atoms. The molecule has 0 saturated heterocycles. The number of anilines is 1. The molecule has 0 aliphatic carbocycles. The van der Waals surface area contributed by atoms with E-state index in [2.05, 4.69) is 15.8 Å². The van der Waals surface area contributed by atoms with Gasteiger partial charge in [0.2, 0.25) is 10.0 Å². The van der Waals surface area contributed by atoms with E-state index in [4.69, 9.17) is 0 Å². The zero-order chi connectivity index (χ0) is 21.6. The first kappa shape index (κ1) is 22.3. The topological polar surface area (TPSA) is 112 Å². The SMILES string of the molecule is CCN(CC)c1ccc(C(=O)NNC(=O)c2cccc(S(=O)(=O)N(C)C)c2)cn1. The molecule has 156 valence electrons. The molecule has 2 N–H and O–H groups in total. The summed E-state index contributed by atoms with van der Waals surface area (Å²) in [6.07, 6.45) is 1.43. The molecule has 0 fully saturated rings. The largest absolute Gasteiger partial charge is 0.357 e. The summed E-state index contributed by atoms with van der Waals surface area (Å²) in [5, 5.41) is 0. The number of carbonyl (C=O) groups is 2. The number of hydrazine groups is 1. The van der Waals surface area contributed by atoms with Crippen LogP contribution in [0.4, 0.5) is 5.82 Å². The highest BCUT2D eigenvalue weighted by molar-refractivity contribution is 7.89. The van der Waals surface area contributed by atoms with Gasteiger partial charge < -0.3 is 4.90 Å². The van der Waals surface area contributed by atoms with Crippen molar-refractivity contribution in [1.82, 2.24) is 20.1 Å². The number of hydrogen-bond donors (Lipinski definition) is 2. The summed E-state index contributed by atoms with van der Waals surface area (Å²) >= 11 is 0. The number of sulfonamides is 1. The Morgan fingerprint density at radius 2 is 1.59 bits per heavy atom. The maximum absolute atomic E-state index is 12.3. The Labute approximate surface area is 170 Å². The lowest BCUT2D eigenvalue weighted by Crippen LogP contribution is -2.41. The minimum Gasteiger partial charge on any atom is -0.357 e. The Kier molecular flexibility index (Phi) is 7.29. The highest BCUT2D eigenvalue weighted by atomic mass is 32.2. The fourth-order valence-electron chi connectivity index (χ4n) is 2.52. The number of benzene rings is 1. The molecule has 0 bridgehead atoms. The zero-order valence-electron chi connectivity index (χ0n) is 16.8. The van der Waals surface area contributed by atoms with Gasteiger partial charge in [0, 0.05) is 38.9 Å². The Morgan fingerprint density at radius 1 is 0.966 bits per heavy atom. The fraction of sp³-hybridized carbons (Fsp3) is 0.316. The van der Waals surface area contributed by atoms with Gasteiger partial charge in [0.15, 0.2) is 0 Å².